The van der Waals surface area contributed by atoms with E-state index >= 15 is 0 Å². The highest BCUT2D eigenvalue weighted by Crippen LogP contribution is 2.33. The molecular weight excluding hydrogens is 284 g/mol. The molecule has 0 bridgehead atoms. The summed E-state index contributed by atoms with van der Waals surface area (Å²) in [5, 5.41) is 6.78. The molecule has 1 aliphatic heterocycles. The number of aryl methyl sites for hydroxylation is 1. The monoisotopic (exact) mass is 304 g/mol. The molecule has 1 aromatic carbocycles. The van der Waals surface area contributed by atoms with Crippen LogP contribution in [0.2, 0.25) is 0 Å². The summed E-state index contributed by atoms with van der Waals surface area (Å²) < 4.78 is 11.3. The minimum absolute atomic E-state index is 0.243. The number of hydrogen-bond donors (Lipinski definition) is 1. The van der Waals surface area contributed by atoms with Gasteiger partial charge in [-0.25, -0.2) is 4.98 Å². The van der Waals surface area contributed by atoms with Crippen LogP contribution in [0.1, 0.15) is 29.2 Å². The smallest absolute Gasteiger partial charge is 0.161 e. The zero-order chi connectivity index (χ0) is 14.7. The fourth-order valence-electron chi connectivity index (χ4n) is 2.54. The van der Waals surface area contributed by atoms with Gasteiger partial charge in [0, 0.05) is 17.8 Å². The van der Waals surface area contributed by atoms with Gasteiger partial charge in [-0.3, -0.25) is 0 Å². The lowest BCUT2D eigenvalue weighted by Gasteiger charge is -2.22. The van der Waals surface area contributed by atoms with Crippen LogP contribution in [-0.4, -0.2) is 24.7 Å². The number of thiazole rings is 1. The van der Waals surface area contributed by atoms with Crippen LogP contribution in [0.25, 0.3) is 0 Å². The number of hydrogen-bond acceptors (Lipinski definition) is 5. The lowest BCUT2D eigenvalue weighted by Crippen LogP contribution is -2.23. The molecular formula is C16H20N2O2S. The van der Waals surface area contributed by atoms with Gasteiger partial charge in [0.1, 0.15) is 13.2 Å². The topological polar surface area (TPSA) is 43.4 Å². The van der Waals surface area contributed by atoms with Crippen LogP contribution >= 0.6 is 11.3 Å². The summed E-state index contributed by atoms with van der Waals surface area (Å²) in [4.78, 5) is 4.57. The predicted molar refractivity (Wildman–Crippen MR) is 84.4 cm³/mol. The van der Waals surface area contributed by atoms with Crippen molar-refractivity contribution < 1.29 is 9.47 Å². The second-order valence-electron chi connectivity index (χ2n) is 5.08. The zero-order valence-corrected chi connectivity index (χ0v) is 13.2. The second-order valence-corrected chi connectivity index (χ2v) is 6.14. The molecule has 0 spiro atoms. The standard InChI is InChI=1S/C16H20N2O2S/c1-3-17-14(9-13-10-21-11(2)18-13)12-4-5-15-16(8-12)20-7-6-19-15/h4-5,8,10,14,17H,3,6-7,9H2,1-2H3. The van der Waals surface area contributed by atoms with Gasteiger partial charge in [-0.15, -0.1) is 11.3 Å². The molecule has 21 heavy (non-hydrogen) atoms. The molecule has 1 aliphatic rings. The van der Waals surface area contributed by atoms with Crippen molar-refractivity contribution in [3.8, 4) is 11.5 Å². The van der Waals surface area contributed by atoms with E-state index in [9.17, 15) is 0 Å². The normalized spacial score (nSPS) is 15.0. The Labute approximate surface area is 129 Å². The number of ether oxygens (including phenoxy) is 2. The van der Waals surface area contributed by atoms with Gasteiger partial charge in [-0.1, -0.05) is 13.0 Å². The fourth-order valence-corrected chi connectivity index (χ4v) is 3.17. The first-order valence-corrected chi connectivity index (χ1v) is 8.18. The number of aromatic nitrogens is 1. The van der Waals surface area contributed by atoms with E-state index in [1.165, 1.54) is 5.56 Å². The SMILES string of the molecule is CCNC(Cc1csc(C)n1)c1ccc2c(c1)OCCO2. The molecule has 0 aliphatic carbocycles. The lowest BCUT2D eigenvalue weighted by atomic mass is 10.0. The first-order valence-electron chi connectivity index (χ1n) is 7.30. The predicted octanol–water partition coefficient (Wildman–Crippen LogP) is 3.12. The van der Waals surface area contributed by atoms with Gasteiger partial charge < -0.3 is 14.8 Å². The average molecular weight is 304 g/mol. The van der Waals surface area contributed by atoms with Crippen molar-refractivity contribution in [3.05, 3.63) is 39.8 Å². The van der Waals surface area contributed by atoms with E-state index in [-0.39, 0.29) is 6.04 Å². The van der Waals surface area contributed by atoms with E-state index in [0.717, 1.165) is 35.2 Å². The minimum atomic E-state index is 0.243. The summed E-state index contributed by atoms with van der Waals surface area (Å²) in [6.45, 7) is 6.33. The molecule has 4 nitrogen and oxygen atoms in total. The van der Waals surface area contributed by atoms with Crippen LogP contribution in [0, 0.1) is 6.92 Å². The second kappa shape index (κ2) is 6.45. The molecule has 1 N–H and O–H groups in total. The Bertz CT molecular complexity index is 612. The van der Waals surface area contributed by atoms with E-state index in [1.54, 1.807) is 11.3 Å². The number of nitrogens with one attached hydrogen (secondary N) is 1. The van der Waals surface area contributed by atoms with Gasteiger partial charge in [0.05, 0.1) is 10.7 Å². The molecule has 2 aromatic rings. The highest BCUT2D eigenvalue weighted by molar-refractivity contribution is 7.09. The van der Waals surface area contributed by atoms with E-state index in [1.807, 2.05) is 13.0 Å². The van der Waals surface area contributed by atoms with Crippen LogP contribution in [0.5, 0.6) is 11.5 Å². The largest absolute Gasteiger partial charge is 0.486 e. The molecule has 0 saturated carbocycles. The molecule has 112 valence electrons. The molecule has 0 fully saturated rings. The van der Waals surface area contributed by atoms with E-state index in [2.05, 4.69) is 34.7 Å². The van der Waals surface area contributed by atoms with Gasteiger partial charge >= 0.3 is 0 Å². The van der Waals surface area contributed by atoms with Gasteiger partial charge in [0.2, 0.25) is 0 Å². The number of rotatable bonds is 5. The van der Waals surface area contributed by atoms with Crippen LogP contribution < -0.4 is 14.8 Å². The van der Waals surface area contributed by atoms with Crippen molar-refractivity contribution >= 4 is 11.3 Å². The quantitative estimate of drug-likeness (QED) is 0.922. The summed E-state index contributed by atoms with van der Waals surface area (Å²) in [5.41, 5.74) is 2.35. The highest BCUT2D eigenvalue weighted by Gasteiger charge is 2.17. The summed E-state index contributed by atoms with van der Waals surface area (Å²) in [5.74, 6) is 1.68. The first kappa shape index (κ1) is 14.4. The summed E-state index contributed by atoms with van der Waals surface area (Å²) in [6.07, 6.45) is 0.887. The van der Waals surface area contributed by atoms with Crippen LogP contribution in [0.3, 0.4) is 0 Å². The van der Waals surface area contributed by atoms with Crippen LogP contribution in [0.15, 0.2) is 23.6 Å². The molecule has 1 aromatic heterocycles. The van der Waals surface area contributed by atoms with Gasteiger partial charge in [0.25, 0.3) is 0 Å². The van der Waals surface area contributed by atoms with Crippen molar-refractivity contribution in [1.29, 1.82) is 0 Å². The van der Waals surface area contributed by atoms with E-state index in [4.69, 9.17) is 9.47 Å². The van der Waals surface area contributed by atoms with Gasteiger partial charge in [-0.05, 0) is 31.2 Å². The van der Waals surface area contributed by atoms with Gasteiger partial charge in [-0.2, -0.15) is 0 Å². The first-order chi connectivity index (χ1) is 10.3. The minimum Gasteiger partial charge on any atom is -0.486 e. The highest BCUT2D eigenvalue weighted by atomic mass is 32.1. The number of nitrogens with zero attached hydrogens (tertiary/aromatic N) is 1. The third-order valence-electron chi connectivity index (χ3n) is 3.50. The number of fused-ring (bicyclic) bond motifs is 1. The molecule has 0 radical (unpaired) electrons. The average Bonchev–Trinajstić information content (AvgIpc) is 2.91. The Kier molecular flexibility index (Phi) is 4.41. The Morgan fingerprint density at radius 3 is 2.81 bits per heavy atom. The zero-order valence-electron chi connectivity index (χ0n) is 12.4. The van der Waals surface area contributed by atoms with Gasteiger partial charge in [0.15, 0.2) is 11.5 Å². The maximum Gasteiger partial charge on any atom is 0.161 e. The number of likely N-dealkylation sites (N-methyl/N-ethyl adjacent to an activating group) is 1. The van der Waals surface area contributed by atoms with Crippen molar-refractivity contribution in [2.75, 3.05) is 19.8 Å². The summed E-state index contributed by atoms with van der Waals surface area (Å²) in [6, 6.07) is 6.44. The molecule has 3 rings (SSSR count). The van der Waals surface area contributed by atoms with Crippen molar-refractivity contribution in [3.63, 3.8) is 0 Å². The Morgan fingerprint density at radius 2 is 2.10 bits per heavy atom. The van der Waals surface area contributed by atoms with Crippen LogP contribution in [0.4, 0.5) is 0 Å². The third kappa shape index (κ3) is 3.36. The van der Waals surface area contributed by atoms with Crippen molar-refractivity contribution in [2.24, 2.45) is 0 Å². The van der Waals surface area contributed by atoms with Crippen LogP contribution in [-0.2, 0) is 6.42 Å². The van der Waals surface area contributed by atoms with Crippen molar-refractivity contribution in [1.82, 2.24) is 10.3 Å². The molecule has 1 unspecified atom stereocenters. The molecule has 1 atom stereocenters. The Balaban J connectivity index is 1.82. The van der Waals surface area contributed by atoms with E-state index < -0.39 is 0 Å². The third-order valence-corrected chi connectivity index (χ3v) is 4.32. The summed E-state index contributed by atoms with van der Waals surface area (Å²) >= 11 is 1.70. The molecule has 5 heteroatoms. The van der Waals surface area contributed by atoms with E-state index in [0.29, 0.717) is 13.2 Å². The maximum atomic E-state index is 5.68. The van der Waals surface area contributed by atoms with Crippen molar-refractivity contribution in [2.45, 2.75) is 26.3 Å². The Hall–Kier alpha value is -1.59. The summed E-state index contributed by atoms with van der Waals surface area (Å²) in [7, 11) is 0. The molecule has 0 amide bonds. The molecule has 0 saturated heterocycles. The fraction of sp³-hybridized carbons (Fsp3) is 0.438. The molecule has 2 heterocycles. The maximum absolute atomic E-state index is 5.68. The lowest BCUT2D eigenvalue weighted by molar-refractivity contribution is 0.171. The Morgan fingerprint density at radius 1 is 1.29 bits per heavy atom. The number of benzene rings is 1.